The quantitative estimate of drug-likeness (QED) is 0.0877. The summed E-state index contributed by atoms with van der Waals surface area (Å²) in [5, 5.41) is 104. The molecule has 1 aliphatic carbocycles. The number of ether oxygens (including phenoxy) is 8. The van der Waals surface area contributed by atoms with Crippen LogP contribution in [0, 0.1) is 0 Å². The van der Waals surface area contributed by atoms with Crippen molar-refractivity contribution in [3.05, 3.63) is 0 Å². The van der Waals surface area contributed by atoms with Crippen LogP contribution < -0.4 is 28.7 Å². The minimum absolute atomic E-state index is 0.0266. The minimum Gasteiger partial charge on any atom is -0.394 e. The van der Waals surface area contributed by atoms with Crippen molar-refractivity contribution in [3.63, 3.8) is 0 Å². The van der Waals surface area contributed by atoms with Gasteiger partial charge in [-0.15, -0.1) is 0 Å². The minimum atomic E-state index is -1.80. The van der Waals surface area contributed by atoms with Crippen LogP contribution in [0.25, 0.3) is 0 Å². The van der Waals surface area contributed by atoms with Crippen LogP contribution in [0.15, 0.2) is 0 Å². The molecule has 20 N–H and O–H groups in total. The van der Waals surface area contributed by atoms with Crippen molar-refractivity contribution in [1.29, 1.82) is 0 Å². The number of nitrogens with two attached hydrogens (primary N) is 5. The first-order valence-corrected chi connectivity index (χ1v) is 17.2. The largest absolute Gasteiger partial charge is 0.394 e. The Hall–Kier alpha value is -0.920. The molecule has 3 unspecified atom stereocenters. The van der Waals surface area contributed by atoms with Gasteiger partial charge in [0.25, 0.3) is 0 Å². The maximum absolute atomic E-state index is 11.4. The third-order valence-corrected chi connectivity index (χ3v) is 10.3. The van der Waals surface area contributed by atoms with Crippen LogP contribution in [0.2, 0.25) is 0 Å². The Labute approximate surface area is 297 Å². The third-order valence-electron chi connectivity index (χ3n) is 10.3. The molecule has 0 amide bonds. The molecule has 0 bridgehead atoms. The number of hydrogen-bond donors (Lipinski definition) is 15. The molecule has 0 aromatic rings. The highest BCUT2D eigenvalue weighted by Crippen LogP contribution is 2.35. The van der Waals surface area contributed by atoms with Crippen LogP contribution in [-0.4, -0.2) is 218 Å². The maximum atomic E-state index is 11.4. The molecule has 0 aromatic carbocycles. The van der Waals surface area contributed by atoms with E-state index in [1.54, 1.807) is 0 Å². The summed E-state index contributed by atoms with van der Waals surface area (Å²) in [7, 11) is 0. The SMILES string of the molecule is NC[C@H]1O[C@@H](O[C@H]2[C@@H](O)[C@H](O[C@H]3[C@H](O)C(N)CC(N)[C@@H]3O[C@H]3O[C@@H](CO)[C@@H](O)C[C@H]3N)O[C@H]2CO)C(N)[C@H](O)[C@H]1O[C@@H]1O[C@@H](CO)[C@H](O)[C@@H](O)[C@H]1O. The molecule has 5 aliphatic rings. The summed E-state index contributed by atoms with van der Waals surface area (Å²) >= 11 is 0. The molecule has 23 nitrogen and oxygen atoms in total. The topological polar surface area (TPSA) is 406 Å². The average Bonchev–Trinajstić information content (AvgIpc) is 3.41. The Morgan fingerprint density at radius 2 is 0.962 bits per heavy atom. The summed E-state index contributed by atoms with van der Waals surface area (Å²) in [4.78, 5) is 0. The molecule has 23 heteroatoms. The van der Waals surface area contributed by atoms with Crippen molar-refractivity contribution in [2.75, 3.05) is 26.4 Å². The van der Waals surface area contributed by atoms with Gasteiger partial charge < -0.3 is 118 Å². The lowest BCUT2D eigenvalue weighted by Gasteiger charge is -2.47. The fraction of sp³-hybridized carbons (Fsp3) is 1.00. The van der Waals surface area contributed by atoms with E-state index in [9.17, 15) is 51.1 Å². The van der Waals surface area contributed by atoms with E-state index in [0.717, 1.165) is 0 Å². The number of rotatable bonds is 12. The van der Waals surface area contributed by atoms with E-state index in [2.05, 4.69) is 0 Å². The van der Waals surface area contributed by atoms with E-state index in [1.165, 1.54) is 0 Å². The second-order valence-electron chi connectivity index (χ2n) is 13.9. The van der Waals surface area contributed by atoms with Crippen molar-refractivity contribution >= 4 is 0 Å². The van der Waals surface area contributed by atoms with Crippen molar-refractivity contribution in [3.8, 4) is 0 Å². The smallest absolute Gasteiger partial charge is 0.187 e. The van der Waals surface area contributed by atoms with E-state index in [-0.39, 0.29) is 19.4 Å². The lowest BCUT2D eigenvalue weighted by Crippen LogP contribution is -2.67. The first kappa shape index (κ1) is 42.2. The van der Waals surface area contributed by atoms with Gasteiger partial charge in [0.05, 0.1) is 44.1 Å². The number of aliphatic hydroxyl groups is 10. The molecule has 5 rings (SSSR count). The number of hydrogen-bond acceptors (Lipinski definition) is 23. The van der Waals surface area contributed by atoms with Crippen molar-refractivity contribution in [2.45, 2.75) is 154 Å². The second-order valence-corrected chi connectivity index (χ2v) is 13.9. The molecule has 1 saturated carbocycles. The summed E-state index contributed by atoms with van der Waals surface area (Å²) in [6.07, 6.45) is -26.9. The highest BCUT2D eigenvalue weighted by molar-refractivity contribution is 5.02. The maximum Gasteiger partial charge on any atom is 0.187 e. The molecule has 4 heterocycles. The van der Waals surface area contributed by atoms with Gasteiger partial charge >= 0.3 is 0 Å². The lowest BCUT2D eigenvalue weighted by atomic mass is 9.84. The van der Waals surface area contributed by atoms with Crippen LogP contribution in [0.1, 0.15) is 12.8 Å². The van der Waals surface area contributed by atoms with E-state index in [4.69, 9.17) is 66.6 Å². The highest BCUT2D eigenvalue weighted by Gasteiger charge is 2.55. The lowest BCUT2D eigenvalue weighted by molar-refractivity contribution is -0.348. The van der Waals surface area contributed by atoms with Crippen molar-refractivity contribution in [1.82, 2.24) is 0 Å². The molecule has 0 aromatic heterocycles. The summed E-state index contributed by atoms with van der Waals surface area (Å²) < 4.78 is 46.4. The van der Waals surface area contributed by atoms with Gasteiger partial charge in [0.1, 0.15) is 79.4 Å². The van der Waals surface area contributed by atoms with Crippen molar-refractivity contribution < 1.29 is 89.0 Å². The van der Waals surface area contributed by atoms with Gasteiger partial charge in [-0.1, -0.05) is 0 Å². The van der Waals surface area contributed by atoms with E-state index < -0.39 is 161 Å². The van der Waals surface area contributed by atoms with E-state index in [0.29, 0.717) is 0 Å². The van der Waals surface area contributed by atoms with Gasteiger partial charge in [-0.3, -0.25) is 0 Å². The molecular weight excluding hydrogens is 706 g/mol. The zero-order chi connectivity index (χ0) is 38.2. The molecule has 4 aliphatic heterocycles. The fourth-order valence-electron chi connectivity index (χ4n) is 7.16. The Morgan fingerprint density at radius 3 is 1.60 bits per heavy atom. The van der Waals surface area contributed by atoms with Gasteiger partial charge in [-0.25, -0.2) is 0 Å². The number of aliphatic hydroxyl groups excluding tert-OH is 10. The van der Waals surface area contributed by atoms with E-state index >= 15 is 0 Å². The van der Waals surface area contributed by atoms with Crippen LogP contribution in [-0.2, 0) is 37.9 Å². The highest BCUT2D eigenvalue weighted by atomic mass is 16.8. The van der Waals surface area contributed by atoms with Crippen LogP contribution >= 0.6 is 0 Å². The van der Waals surface area contributed by atoms with E-state index in [1.807, 2.05) is 0 Å². The zero-order valence-corrected chi connectivity index (χ0v) is 28.1. The Balaban J connectivity index is 1.26. The predicted octanol–water partition coefficient (Wildman–Crippen LogP) is -10.0. The first-order chi connectivity index (χ1) is 24.6. The average molecular weight is 762 g/mol. The standard InChI is InChI=1S/C29H55N5O18/c30-3-11-23(51-28-20(43)19(42)17(40)13(5-36)47-28)18(41)15(34)27(45-11)50-24-14(6-37)48-29(21(24)44)52-25-16(39)7(31)1-8(32)22(25)49-26-9(33)2-10(38)12(4-35)46-26/h7-29,35-44H,1-6,30-34H2/t7?,8?,9-,10+,11-,12+,13+,14+,15?,16-,17+,18+,19-,20-,21-,22+,23+,24-,25+,26-,27+,28+,29+/m1/s1. The zero-order valence-electron chi connectivity index (χ0n) is 28.1. The fourth-order valence-corrected chi connectivity index (χ4v) is 7.16. The third kappa shape index (κ3) is 8.57. The van der Waals surface area contributed by atoms with Gasteiger partial charge in [-0.05, 0) is 12.8 Å². The van der Waals surface area contributed by atoms with Gasteiger partial charge in [0, 0.05) is 18.6 Å². The summed E-state index contributed by atoms with van der Waals surface area (Å²) in [6.45, 7) is -2.26. The second kappa shape index (κ2) is 17.9. The monoisotopic (exact) mass is 761 g/mol. The molecular formula is C29H55N5O18. The first-order valence-electron chi connectivity index (χ1n) is 17.2. The van der Waals surface area contributed by atoms with Crippen LogP contribution in [0.3, 0.4) is 0 Å². The van der Waals surface area contributed by atoms with Gasteiger partial charge in [-0.2, -0.15) is 0 Å². The summed E-state index contributed by atoms with van der Waals surface area (Å²) in [5.41, 5.74) is 30.8. The van der Waals surface area contributed by atoms with Crippen LogP contribution in [0.4, 0.5) is 0 Å². The van der Waals surface area contributed by atoms with Crippen molar-refractivity contribution in [2.24, 2.45) is 28.7 Å². The molecule has 304 valence electrons. The van der Waals surface area contributed by atoms with Gasteiger partial charge in [0.2, 0.25) is 0 Å². The molecule has 4 saturated heterocycles. The molecule has 0 radical (unpaired) electrons. The molecule has 0 spiro atoms. The Morgan fingerprint density at radius 1 is 0.442 bits per heavy atom. The molecule has 23 atom stereocenters. The Kier molecular flexibility index (Phi) is 14.5. The normalized spacial score (nSPS) is 53.2. The summed E-state index contributed by atoms with van der Waals surface area (Å²) in [6, 6.07) is -4.01. The molecule has 5 fully saturated rings. The Bertz CT molecular complexity index is 1120. The predicted molar refractivity (Wildman–Crippen MR) is 168 cm³/mol. The van der Waals surface area contributed by atoms with Crippen LogP contribution in [0.5, 0.6) is 0 Å². The molecule has 52 heavy (non-hydrogen) atoms. The summed E-state index contributed by atoms with van der Waals surface area (Å²) in [5.74, 6) is 0. The van der Waals surface area contributed by atoms with Gasteiger partial charge in [0.15, 0.2) is 25.2 Å².